The highest BCUT2D eigenvalue weighted by molar-refractivity contribution is 5.81. The summed E-state index contributed by atoms with van der Waals surface area (Å²) in [6.07, 6.45) is 5.48. The Bertz CT molecular complexity index is 630. The summed E-state index contributed by atoms with van der Waals surface area (Å²) in [7, 11) is 0. The van der Waals surface area contributed by atoms with Gasteiger partial charge in [-0.1, -0.05) is 25.5 Å². The van der Waals surface area contributed by atoms with Crippen LogP contribution >= 0.6 is 0 Å². The lowest BCUT2D eigenvalue weighted by molar-refractivity contribution is -0.126. The predicted molar refractivity (Wildman–Crippen MR) is 98.0 cm³/mol. The van der Waals surface area contributed by atoms with E-state index in [1.807, 2.05) is 0 Å². The van der Waals surface area contributed by atoms with Crippen LogP contribution in [0.2, 0.25) is 0 Å². The fourth-order valence-electron chi connectivity index (χ4n) is 3.46. The van der Waals surface area contributed by atoms with E-state index in [0.29, 0.717) is 25.6 Å². The van der Waals surface area contributed by atoms with Gasteiger partial charge in [-0.05, 0) is 49.8 Å². The van der Waals surface area contributed by atoms with Gasteiger partial charge in [0.2, 0.25) is 5.91 Å². The zero-order valence-electron chi connectivity index (χ0n) is 15.3. The molecule has 0 aromatic heterocycles. The summed E-state index contributed by atoms with van der Waals surface area (Å²) < 4.78 is 13.3. The molecule has 2 aliphatic rings. The van der Waals surface area contributed by atoms with Gasteiger partial charge in [0, 0.05) is 19.1 Å². The van der Waals surface area contributed by atoms with Gasteiger partial charge in [0.1, 0.15) is 5.82 Å². The smallest absolute Gasteiger partial charge is 0.317 e. The average Bonchev–Trinajstić information content (AvgIpc) is 3.46. The third-order valence-electron chi connectivity index (χ3n) is 5.20. The molecule has 1 heterocycles. The number of amides is 3. The Labute approximate surface area is 154 Å². The Morgan fingerprint density at radius 2 is 1.88 bits per heavy atom. The van der Waals surface area contributed by atoms with Gasteiger partial charge < -0.3 is 15.5 Å². The number of piperidine rings is 1. The lowest BCUT2D eigenvalue weighted by Crippen LogP contribution is -2.50. The van der Waals surface area contributed by atoms with E-state index in [4.69, 9.17) is 0 Å². The summed E-state index contributed by atoms with van der Waals surface area (Å²) in [5, 5.41) is 6.01. The molecule has 1 aliphatic heterocycles. The number of carbonyl (C=O) groups is 2. The Hall–Kier alpha value is -2.11. The molecule has 1 aromatic carbocycles. The lowest BCUT2D eigenvalue weighted by atomic mass is 9.88. The number of likely N-dealkylation sites (tertiary alicyclic amines) is 1. The largest absolute Gasteiger partial charge is 0.353 e. The van der Waals surface area contributed by atoms with Gasteiger partial charge in [-0.2, -0.15) is 0 Å². The molecule has 0 spiro atoms. The van der Waals surface area contributed by atoms with Gasteiger partial charge in [0.15, 0.2) is 0 Å². The maximum absolute atomic E-state index is 13.3. The minimum absolute atomic E-state index is 0.0522. The monoisotopic (exact) mass is 361 g/mol. The standard InChI is InChI=1S/C20H28FN3O2/c1-2-3-12-22-20(26)24-13-15(19(25)23-17-9-10-17)6-11-18(24)14-4-7-16(21)8-5-14/h4-5,7-8,15,17-18H,2-3,6,9-13H2,1H3,(H,22,26)(H,23,25)/t15-,18-/m0/s1. The fourth-order valence-corrected chi connectivity index (χ4v) is 3.46. The Balaban J connectivity index is 1.71. The first-order chi connectivity index (χ1) is 12.6. The fraction of sp³-hybridized carbons (Fsp3) is 0.600. The van der Waals surface area contributed by atoms with Gasteiger partial charge in [-0.15, -0.1) is 0 Å². The van der Waals surface area contributed by atoms with Crippen LogP contribution < -0.4 is 10.6 Å². The molecule has 2 fully saturated rings. The summed E-state index contributed by atoms with van der Waals surface area (Å²) >= 11 is 0. The van der Waals surface area contributed by atoms with Crippen molar-refractivity contribution in [2.45, 2.75) is 57.5 Å². The summed E-state index contributed by atoms with van der Waals surface area (Å²) in [4.78, 5) is 26.9. The first-order valence-electron chi connectivity index (χ1n) is 9.68. The van der Waals surface area contributed by atoms with Crippen LogP contribution in [0.15, 0.2) is 24.3 Å². The van der Waals surface area contributed by atoms with Crippen LogP contribution in [0.25, 0.3) is 0 Å². The van der Waals surface area contributed by atoms with Crippen molar-refractivity contribution >= 4 is 11.9 Å². The summed E-state index contributed by atoms with van der Waals surface area (Å²) in [6, 6.07) is 6.37. The zero-order valence-corrected chi connectivity index (χ0v) is 15.3. The summed E-state index contributed by atoms with van der Waals surface area (Å²) in [5.41, 5.74) is 0.915. The maximum atomic E-state index is 13.3. The van der Waals surface area contributed by atoms with E-state index in [-0.39, 0.29) is 29.7 Å². The molecule has 5 nitrogen and oxygen atoms in total. The number of urea groups is 1. The molecule has 3 rings (SSSR count). The number of hydrogen-bond donors (Lipinski definition) is 2. The summed E-state index contributed by atoms with van der Waals surface area (Å²) in [6.45, 7) is 3.10. The molecule has 0 radical (unpaired) electrons. The van der Waals surface area contributed by atoms with Crippen LogP contribution in [0, 0.1) is 11.7 Å². The number of halogens is 1. The van der Waals surface area contributed by atoms with Crippen molar-refractivity contribution in [3.63, 3.8) is 0 Å². The normalized spacial score (nSPS) is 22.8. The number of rotatable bonds is 6. The molecular weight excluding hydrogens is 333 g/mol. The third-order valence-corrected chi connectivity index (χ3v) is 5.20. The molecule has 1 aromatic rings. The Kier molecular flexibility index (Phi) is 6.12. The molecule has 2 N–H and O–H groups in total. The number of benzene rings is 1. The van der Waals surface area contributed by atoms with Crippen molar-refractivity contribution in [1.82, 2.24) is 15.5 Å². The van der Waals surface area contributed by atoms with Crippen LogP contribution in [0.5, 0.6) is 0 Å². The van der Waals surface area contributed by atoms with Gasteiger partial charge >= 0.3 is 6.03 Å². The highest BCUT2D eigenvalue weighted by atomic mass is 19.1. The van der Waals surface area contributed by atoms with E-state index < -0.39 is 0 Å². The van der Waals surface area contributed by atoms with Gasteiger partial charge in [0.05, 0.1) is 12.0 Å². The van der Waals surface area contributed by atoms with Crippen molar-refractivity contribution < 1.29 is 14.0 Å². The molecule has 2 atom stereocenters. The number of nitrogens with zero attached hydrogens (tertiary/aromatic N) is 1. The van der Waals surface area contributed by atoms with Crippen molar-refractivity contribution in [3.8, 4) is 0 Å². The van der Waals surface area contributed by atoms with Gasteiger partial charge in [0.25, 0.3) is 0 Å². The number of nitrogens with one attached hydrogen (secondary N) is 2. The van der Waals surface area contributed by atoms with Crippen molar-refractivity contribution in [3.05, 3.63) is 35.6 Å². The lowest BCUT2D eigenvalue weighted by Gasteiger charge is -2.39. The van der Waals surface area contributed by atoms with Crippen molar-refractivity contribution in [2.24, 2.45) is 5.92 Å². The molecule has 0 unspecified atom stereocenters. The molecule has 1 saturated carbocycles. The average molecular weight is 361 g/mol. The third kappa shape index (κ3) is 4.74. The highest BCUT2D eigenvalue weighted by Gasteiger charge is 2.37. The Morgan fingerprint density at radius 3 is 2.54 bits per heavy atom. The van der Waals surface area contributed by atoms with Gasteiger partial charge in [-0.3, -0.25) is 4.79 Å². The Morgan fingerprint density at radius 1 is 1.15 bits per heavy atom. The topological polar surface area (TPSA) is 61.4 Å². The minimum atomic E-state index is -0.287. The molecule has 26 heavy (non-hydrogen) atoms. The minimum Gasteiger partial charge on any atom is -0.353 e. The molecular formula is C20H28FN3O2. The molecule has 1 saturated heterocycles. The van der Waals surface area contributed by atoms with E-state index in [1.165, 1.54) is 12.1 Å². The second-order valence-corrected chi connectivity index (χ2v) is 7.36. The molecule has 3 amide bonds. The zero-order chi connectivity index (χ0) is 18.5. The second kappa shape index (κ2) is 8.52. The van der Waals surface area contributed by atoms with Gasteiger partial charge in [-0.25, -0.2) is 9.18 Å². The first-order valence-corrected chi connectivity index (χ1v) is 9.68. The van der Waals surface area contributed by atoms with Crippen molar-refractivity contribution in [1.29, 1.82) is 0 Å². The van der Waals surface area contributed by atoms with E-state index in [9.17, 15) is 14.0 Å². The second-order valence-electron chi connectivity index (χ2n) is 7.36. The molecule has 0 bridgehead atoms. The van der Waals surface area contributed by atoms with Crippen LogP contribution in [0.1, 0.15) is 57.1 Å². The van der Waals surface area contributed by atoms with Crippen LogP contribution in [0.4, 0.5) is 9.18 Å². The summed E-state index contributed by atoms with van der Waals surface area (Å²) in [5.74, 6) is -0.411. The quantitative estimate of drug-likeness (QED) is 0.763. The molecule has 142 valence electrons. The van der Waals surface area contributed by atoms with Crippen molar-refractivity contribution in [2.75, 3.05) is 13.1 Å². The highest BCUT2D eigenvalue weighted by Crippen LogP contribution is 2.34. The van der Waals surface area contributed by atoms with E-state index in [1.54, 1.807) is 17.0 Å². The maximum Gasteiger partial charge on any atom is 0.317 e. The number of hydrogen-bond acceptors (Lipinski definition) is 2. The van der Waals surface area contributed by atoms with Crippen LogP contribution in [-0.2, 0) is 4.79 Å². The van der Waals surface area contributed by atoms with E-state index >= 15 is 0 Å². The van der Waals surface area contributed by atoms with E-state index in [0.717, 1.165) is 37.7 Å². The van der Waals surface area contributed by atoms with E-state index in [2.05, 4.69) is 17.6 Å². The number of carbonyl (C=O) groups excluding carboxylic acids is 2. The first kappa shape index (κ1) is 18.7. The van der Waals surface area contributed by atoms with Crippen LogP contribution in [0.3, 0.4) is 0 Å². The van der Waals surface area contributed by atoms with Crippen LogP contribution in [-0.4, -0.2) is 36.0 Å². The molecule has 1 aliphatic carbocycles. The predicted octanol–water partition coefficient (Wildman–Crippen LogP) is 3.37. The molecule has 6 heteroatoms. The number of unbranched alkanes of at least 4 members (excludes halogenated alkanes) is 1. The SMILES string of the molecule is CCCCNC(=O)N1C[C@@H](C(=O)NC2CC2)CC[C@H]1c1ccc(F)cc1.